The zero-order valence-corrected chi connectivity index (χ0v) is 14.5. The van der Waals surface area contributed by atoms with Crippen LogP contribution in [0.2, 0.25) is 0 Å². The number of allylic oxidation sites excluding steroid dienone is 4. The van der Waals surface area contributed by atoms with Crippen LogP contribution in [0.25, 0.3) is 0 Å². The molecule has 0 unspecified atom stereocenters. The molecule has 0 saturated heterocycles. The van der Waals surface area contributed by atoms with Crippen molar-refractivity contribution >= 4 is 0 Å². The first kappa shape index (κ1) is 26.7. The molecule has 0 spiro atoms. The molecule has 0 aromatic rings. The summed E-state index contributed by atoms with van der Waals surface area (Å²) in [5.74, 6) is -0.346. The van der Waals surface area contributed by atoms with Gasteiger partial charge in [-0.3, -0.25) is 0 Å². The van der Waals surface area contributed by atoms with E-state index in [4.69, 9.17) is 0 Å². The van der Waals surface area contributed by atoms with Crippen LogP contribution in [0, 0.1) is 0 Å². The Hall–Kier alpha value is -0.850. The lowest BCUT2D eigenvalue weighted by molar-refractivity contribution is 0.667. The van der Waals surface area contributed by atoms with Gasteiger partial charge in [0.2, 0.25) is 0 Å². The van der Waals surface area contributed by atoms with Crippen LogP contribution >= 0.6 is 0 Å². The summed E-state index contributed by atoms with van der Waals surface area (Å²) in [5.41, 5.74) is 1.06. The first-order valence-corrected chi connectivity index (χ1v) is 7.62. The number of hydrogen-bond donors (Lipinski definition) is 0. The normalized spacial score (nSPS) is 8.74. The van der Waals surface area contributed by atoms with E-state index in [1.165, 1.54) is 18.9 Å². The first-order chi connectivity index (χ1) is 8.99. The second-order valence-corrected chi connectivity index (χ2v) is 3.88. The van der Waals surface area contributed by atoms with Crippen LogP contribution in [0.4, 0.5) is 4.39 Å². The lowest BCUT2D eigenvalue weighted by Crippen LogP contribution is -1.74. The third-order valence-corrected chi connectivity index (χ3v) is 1.84. The molecule has 0 nitrogen and oxygen atoms in total. The predicted octanol–water partition coefficient (Wildman–Crippen LogP) is 7.63. The maximum atomic E-state index is 12.0. The molecule has 0 fully saturated rings. The van der Waals surface area contributed by atoms with Crippen LogP contribution in [0.5, 0.6) is 0 Å². The molecule has 0 heterocycles. The van der Waals surface area contributed by atoms with Crippen LogP contribution in [0.15, 0.2) is 36.7 Å². The number of rotatable bonds is 5. The van der Waals surface area contributed by atoms with Gasteiger partial charge in [-0.15, -0.1) is 6.58 Å². The largest absolute Gasteiger partial charge is 0.208 e. The lowest BCUT2D eigenvalue weighted by Gasteiger charge is -1.93. The average molecular weight is 272 g/mol. The van der Waals surface area contributed by atoms with E-state index in [1.54, 1.807) is 0 Å². The van der Waals surface area contributed by atoms with Gasteiger partial charge in [-0.05, 0) is 25.8 Å². The predicted molar refractivity (Wildman–Crippen MR) is 91.3 cm³/mol. The van der Waals surface area contributed by atoms with Crippen LogP contribution in [-0.4, -0.2) is 0 Å². The highest BCUT2D eigenvalue weighted by Gasteiger charge is 1.87. The Morgan fingerprint density at radius 3 is 1.53 bits per heavy atom. The molecule has 0 N–H and O–H groups in total. The summed E-state index contributed by atoms with van der Waals surface area (Å²) < 4.78 is 12.0. The summed E-state index contributed by atoms with van der Waals surface area (Å²) in [7, 11) is 0. The molecule has 0 aliphatic carbocycles. The fourth-order valence-electron chi connectivity index (χ4n) is 0.734. The van der Waals surface area contributed by atoms with Crippen molar-refractivity contribution in [1.29, 1.82) is 0 Å². The van der Waals surface area contributed by atoms with E-state index in [0.29, 0.717) is 0 Å². The Morgan fingerprint density at radius 1 is 1.00 bits per heavy atom. The van der Waals surface area contributed by atoms with E-state index in [9.17, 15) is 4.39 Å². The Kier molecular flexibility index (Phi) is 42.5. The van der Waals surface area contributed by atoms with Gasteiger partial charge in [0.15, 0.2) is 0 Å². The van der Waals surface area contributed by atoms with E-state index in [2.05, 4.69) is 40.9 Å². The van der Waals surface area contributed by atoms with Gasteiger partial charge in [0.25, 0.3) is 0 Å². The molecule has 0 atom stereocenters. The lowest BCUT2D eigenvalue weighted by atomic mass is 10.2. The molecule has 0 radical (unpaired) electrons. The Balaban J connectivity index is -0.0000000944. The van der Waals surface area contributed by atoms with E-state index < -0.39 is 0 Å². The summed E-state index contributed by atoms with van der Waals surface area (Å²) in [6, 6.07) is 0. The van der Waals surface area contributed by atoms with Crippen molar-refractivity contribution in [1.82, 2.24) is 0 Å². The molecule has 0 bridgehead atoms. The molecule has 0 aromatic carbocycles. The van der Waals surface area contributed by atoms with Gasteiger partial charge in [0.1, 0.15) is 5.83 Å². The average Bonchev–Trinajstić information content (AvgIpc) is 2.41. The highest BCUT2D eigenvalue weighted by molar-refractivity contribution is 5.12. The van der Waals surface area contributed by atoms with Gasteiger partial charge in [-0.2, -0.15) is 0 Å². The monoisotopic (exact) mass is 272 g/mol. The fourth-order valence-corrected chi connectivity index (χ4v) is 0.734. The van der Waals surface area contributed by atoms with E-state index in [-0.39, 0.29) is 5.83 Å². The standard InChI is InChI=1S/C8H13F.C4H10.C4H8.C2H6/c1-4-5-7(2)6-8(3)9;2*1-3-4-2;1-2/h6H,3-5H2,1-2H3;3-4H2,1-2H3;3H,1,4H2,2H3;1-2H3/b7-6+;;;. The van der Waals surface area contributed by atoms with Crippen LogP contribution < -0.4 is 0 Å². The van der Waals surface area contributed by atoms with Crippen molar-refractivity contribution < 1.29 is 4.39 Å². The maximum Gasteiger partial charge on any atom is 0.115 e. The Bertz CT molecular complexity index is 188. The third-order valence-electron chi connectivity index (χ3n) is 1.84. The van der Waals surface area contributed by atoms with Gasteiger partial charge in [-0.25, -0.2) is 4.39 Å². The quantitative estimate of drug-likeness (QED) is 0.356. The van der Waals surface area contributed by atoms with Gasteiger partial charge < -0.3 is 0 Å². The number of halogens is 1. The van der Waals surface area contributed by atoms with Crippen molar-refractivity contribution in [3.63, 3.8) is 0 Å². The molecule has 1 heteroatoms. The SMILES string of the molecule is C=C(F)/C=C(\C)CCC.C=CCC.CC.CCCC. The second kappa shape index (κ2) is 30.3. The Labute approximate surface area is 122 Å². The van der Waals surface area contributed by atoms with E-state index in [0.717, 1.165) is 24.8 Å². The summed E-state index contributed by atoms with van der Waals surface area (Å²) in [4.78, 5) is 0. The molecule has 0 aliphatic heterocycles. The van der Waals surface area contributed by atoms with Crippen LogP contribution in [-0.2, 0) is 0 Å². The molecule has 19 heavy (non-hydrogen) atoms. The molecule has 116 valence electrons. The summed E-state index contributed by atoms with van der Waals surface area (Å²) in [6.45, 7) is 21.0. The van der Waals surface area contributed by atoms with Crippen molar-refractivity contribution in [3.8, 4) is 0 Å². The van der Waals surface area contributed by atoms with E-state index >= 15 is 0 Å². The Morgan fingerprint density at radius 2 is 1.37 bits per heavy atom. The number of unbranched alkanes of at least 4 members (excludes halogenated alkanes) is 1. The minimum atomic E-state index is -0.346. The summed E-state index contributed by atoms with van der Waals surface area (Å²) in [6.07, 6.45) is 9.10. The van der Waals surface area contributed by atoms with Crippen LogP contribution in [0.3, 0.4) is 0 Å². The zero-order chi connectivity index (χ0) is 16.1. The van der Waals surface area contributed by atoms with Crippen LogP contribution in [0.1, 0.15) is 80.6 Å². The minimum Gasteiger partial charge on any atom is -0.208 e. The molecular formula is C18H37F. The smallest absolute Gasteiger partial charge is 0.115 e. The van der Waals surface area contributed by atoms with Crippen molar-refractivity contribution in [2.45, 2.75) is 80.6 Å². The molecule has 0 aliphatic rings. The molecule has 0 saturated carbocycles. The van der Waals surface area contributed by atoms with Crippen molar-refractivity contribution in [2.24, 2.45) is 0 Å². The fraction of sp³-hybridized carbons (Fsp3) is 0.667. The summed E-state index contributed by atoms with van der Waals surface area (Å²) in [5, 5.41) is 0. The maximum absolute atomic E-state index is 12.0. The number of hydrogen-bond acceptors (Lipinski definition) is 0. The van der Waals surface area contributed by atoms with Gasteiger partial charge >= 0.3 is 0 Å². The van der Waals surface area contributed by atoms with Gasteiger partial charge in [0, 0.05) is 0 Å². The second-order valence-electron chi connectivity index (χ2n) is 3.88. The third kappa shape index (κ3) is 59.3. The molecular weight excluding hydrogens is 235 g/mol. The van der Waals surface area contributed by atoms with Gasteiger partial charge in [-0.1, -0.05) is 79.0 Å². The molecule has 0 amide bonds. The van der Waals surface area contributed by atoms with Gasteiger partial charge in [0.05, 0.1) is 0 Å². The summed E-state index contributed by atoms with van der Waals surface area (Å²) >= 11 is 0. The first-order valence-electron chi connectivity index (χ1n) is 7.62. The van der Waals surface area contributed by atoms with Crippen molar-refractivity contribution in [2.75, 3.05) is 0 Å². The molecule has 0 rings (SSSR count). The zero-order valence-electron chi connectivity index (χ0n) is 14.5. The minimum absolute atomic E-state index is 0.346. The highest BCUT2D eigenvalue weighted by Crippen LogP contribution is 2.06. The van der Waals surface area contributed by atoms with E-state index in [1.807, 2.05) is 26.8 Å². The highest BCUT2D eigenvalue weighted by atomic mass is 19.1. The molecule has 0 aromatic heterocycles. The van der Waals surface area contributed by atoms with Crippen molar-refractivity contribution in [3.05, 3.63) is 36.7 Å². The topological polar surface area (TPSA) is 0 Å².